The zero-order valence-corrected chi connectivity index (χ0v) is 25.2. The number of ketones is 1. The Morgan fingerprint density at radius 3 is 2.20 bits per heavy atom. The summed E-state index contributed by atoms with van der Waals surface area (Å²) in [6.07, 6.45) is 4.71. The third-order valence-electron chi connectivity index (χ3n) is 8.33. The first-order chi connectivity index (χ1) is 21.9. The third kappa shape index (κ3) is 8.82. The Morgan fingerprint density at radius 2 is 1.57 bits per heavy atom. The van der Waals surface area contributed by atoms with Gasteiger partial charge < -0.3 is 26.0 Å². The van der Waals surface area contributed by atoms with Crippen LogP contribution in [-0.2, 0) is 24.0 Å². The van der Waals surface area contributed by atoms with E-state index >= 15 is 0 Å². The molecular weight excluding hydrogens is 612 g/mol. The highest BCUT2D eigenvalue weighted by Crippen LogP contribution is 2.29. The fraction of sp³-hybridized carbons (Fsp3) is 0.469. The number of carbonyl (C=O) groups excluding carboxylic acids is 5. The zero-order valence-electron chi connectivity index (χ0n) is 25.2. The number of aryl methyl sites for hydroxylation is 1. The van der Waals surface area contributed by atoms with Crippen LogP contribution in [0.4, 0.5) is 23.2 Å². The lowest BCUT2D eigenvalue weighted by Crippen LogP contribution is -2.55. The molecule has 4 amide bonds. The minimum Gasteiger partial charge on any atom is -0.479 e. The molecule has 1 heterocycles. The van der Waals surface area contributed by atoms with Crippen LogP contribution < -0.4 is 26.0 Å². The number of carbonyl (C=O) groups is 5. The van der Waals surface area contributed by atoms with Gasteiger partial charge in [0.2, 0.25) is 23.4 Å². The highest BCUT2D eigenvalue weighted by molar-refractivity contribution is 6.40. The molecule has 2 aromatic rings. The highest BCUT2D eigenvalue weighted by Gasteiger charge is 2.35. The summed E-state index contributed by atoms with van der Waals surface area (Å²) in [7, 11) is 0. The summed E-state index contributed by atoms with van der Waals surface area (Å²) in [4.78, 5) is 64.9. The SMILES string of the molecule is Cc1ccccc1NC(=O)C(=O)N[C@@H](CC1CCCCC1)C(=O)N[C@@H](C[C@@H]1CCNC1=O)C(=O)COc1c(F)c(F)cc(F)c1F. The van der Waals surface area contributed by atoms with Gasteiger partial charge in [0.1, 0.15) is 12.6 Å². The van der Waals surface area contributed by atoms with Crippen LogP contribution in [0.15, 0.2) is 30.3 Å². The highest BCUT2D eigenvalue weighted by atomic mass is 19.2. The number of Topliss-reactive ketones (excluding diaryl/α,β-unsaturated/α-hetero) is 1. The molecule has 2 aromatic carbocycles. The van der Waals surface area contributed by atoms with E-state index in [0.29, 0.717) is 24.2 Å². The van der Waals surface area contributed by atoms with Crippen molar-refractivity contribution in [3.8, 4) is 5.75 Å². The van der Waals surface area contributed by atoms with Crippen molar-refractivity contribution in [1.82, 2.24) is 16.0 Å². The number of rotatable bonds is 12. The van der Waals surface area contributed by atoms with E-state index in [9.17, 15) is 41.5 Å². The second-order valence-electron chi connectivity index (χ2n) is 11.7. The topological polar surface area (TPSA) is 143 Å². The summed E-state index contributed by atoms with van der Waals surface area (Å²) >= 11 is 0. The van der Waals surface area contributed by atoms with Crippen LogP contribution >= 0.6 is 0 Å². The molecule has 0 unspecified atom stereocenters. The molecule has 1 aliphatic carbocycles. The molecule has 0 spiro atoms. The van der Waals surface area contributed by atoms with Crippen molar-refractivity contribution in [2.24, 2.45) is 11.8 Å². The van der Waals surface area contributed by atoms with Crippen molar-refractivity contribution in [3.63, 3.8) is 0 Å². The summed E-state index contributed by atoms with van der Waals surface area (Å²) < 4.78 is 60.4. The molecular formula is C32H36F4N4O6. The van der Waals surface area contributed by atoms with Gasteiger partial charge in [0, 0.05) is 24.2 Å². The Hall–Kier alpha value is -4.49. The molecule has 0 radical (unpaired) electrons. The summed E-state index contributed by atoms with van der Waals surface area (Å²) in [5, 5.41) is 10.1. The number of halogens is 4. The molecule has 4 rings (SSSR count). The van der Waals surface area contributed by atoms with E-state index in [0.717, 1.165) is 32.1 Å². The van der Waals surface area contributed by atoms with Gasteiger partial charge in [0.05, 0.1) is 6.04 Å². The van der Waals surface area contributed by atoms with E-state index in [-0.39, 0.29) is 30.7 Å². The second kappa shape index (κ2) is 15.7. The normalized spacial score (nSPS) is 17.8. The fourth-order valence-corrected chi connectivity index (χ4v) is 5.72. The van der Waals surface area contributed by atoms with E-state index in [1.165, 1.54) is 0 Å². The van der Waals surface area contributed by atoms with Crippen LogP contribution in [0.2, 0.25) is 0 Å². The van der Waals surface area contributed by atoms with Crippen LogP contribution in [0.25, 0.3) is 0 Å². The van der Waals surface area contributed by atoms with E-state index in [2.05, 4.69) is 21.3 Å². The second-order valence-corrected chi connectivity index (χ2v) is 11.7. The first kappa shape index (κ1) is 34.4. The minimum atomic E-state index is -1.85. The molecule has 0 aromatic heterocycles. The van der Waals surface area contributed by atoms with Crippen molar-refractivity contribution in [2.75, 3.05) is 18.5 Å². The van der Waals surface area contributed by atoms with E-state index in [4.69, 9.17) is 4.74 Å². The maximum Gasteiger partial charge on any atom is 0.313 e. The third-order valence-corrected chi connectivity index (χ3v) is 8.33. The largest absolute Gasteiger partial charge is 0.479 e. The van der Waals surface area contributed by atoms with Crippen LogP contribution in [0.5, 0.6) is 5.75 Å². The molecule has 10 nitrogen and oxygen atoms in total. The van der Waals surface area contributed by atoms with E-state index in [1.807, 2.05) is 0 Å². The van der Waals surface area contributed by atoms with Gasteiger partial charge in [-0.05, 0) is 43.7 Å². The van der Waals surface area contributed by atoms with Gasteiger partial charge in [-0.15, -0.1) is 0 Å². The maximum absolute atomic E-state index is 14.1. The van der Waals surface area contributed by atoms with Gasteiger partial charge in [-0.3, -0.25) is 24.0 Å². The van der Waals surface area contributed by atoms with Crippen LogP contribution in [0.3, 0.4) is 0 Å². The lowest BCUT2D eigenvalue weighted by atomic mass is 9.84. The number of benzene rings is 2. The van der Waals surface area contributed by atoms with E-state index < -0.39 is 77.1 Å². The summed E-state index contributed by atoms with van der Waals surface area (Å²) in [5.74, 6) is -13.5. The van der Waals surface area contributed by atoms with Crippen molar-refractivity contribution < 1.29 is 46.3 Å². The number of hydrogen-bond acceptors (Lipinski definition) is 6. The maximum atomic E-state index is 14.1. The molecule has 1 saturated heterocycles. The zero-order chi connectivity index (χ0) is 33.4. The fourth-order valence-electron chi connectivity index (χ4n) is 5.72. The number of ether oxygens (including phenoxy) is 1. The monoisotopic (exact) mass is 648 g/mol. The van der Waals surface area contributed by atoms with Crippen molar-refractivity contribution in [1.29, 1.82) is 0 Å². The van der Waals surface area contributed by atoms with Gasteiger partial charge in [0.15, 0.2) is 23.2 Å². The average Bonchev–Trinajstić information content (AvgIpc) is 3.44. The molecule has 2 aliphatic rings. The predicted octanol–water partition coefficient (Wildman–Crippen LogP) is 3.60. The van der Waals surface area contributed by atoms with Crippen LogP contribution in [0, 0.1) is 42.0 Å². The molecule has 248 valence electrons. The molecule has 4 N–H and O–H groups in total. The van der Waals surface area contributed by atoms with Crippen molar-refractivity contribution in [3.05, 3.63) is 59.2 Å². The Morgan fingerprint density at radius 1 is 0.891 bits per heavy atom. The molecule has 14 heteroatoms. The van der Waals surface area contributed by atoms with Gasteiger partial charge in [-0.2, -0.15) is 8.78 Å². The number of nitrogens with one attached hydrogen (secondary N) is 4. The van der Waals surface area contributed by atoms with Crippen LogP contribution in [0.1, 0.15) is 56.9 Å². The lowest BCUT2D eigenvalue weighted by Gasteiger charge is -2.28. The standard InChI is InChI=1S/C32H36F4N4O6/c1-17-7-5-6-10-22(17)38-31(44)32(45)40-24(13-18-8-3-2-4-9-18)30(43)39-23(14-19-11-12-37-29(19)42)25(41)16-46-28-26(35)20(33)15-21(34)27(28)36/h5-7,10,15,18-19,23-24H,2-4,8-9,11-14,16H2,1H3,(H,37,42)(H,38,44)(H,39,43)(H,40,45)/t19-,23-,24-/m0/s1. The first-order valence-corrected chi connectivity index (χ1v) is 15.2. The van der Waals surface area contributed by atoms with Gasteiger partial charge >= 0.3 is 11.8 Å². The van der Waals surface area contributed by atoms with Crippen molar-refractivity contribution in [2.45, 2.75) is 70.4 Å². The Bertz CT molecular complexity index is 1460. The summed E-state index contributed by atoms with van der Waals surface area (Å²) in [6.45, 7) is 0.963. The summed E-state index contributed by atoms with van der Waals surface area (Å²) in [6, 6.07) is 4.08. The predicted molar refractivity (Wildman–Crippen MR) is 157 cm³/mol. The Labute approximate surface area is 263 Å². The number of anilines is 1. The quantitative estimate of drug-likeness (QED) is 0.157. The van der Waals surface area contributed by atoms with E-state index in [1.54, 1.807) is 31.2 Å². The minimum absolute atomic E-state index is 0.0108. The first-order valence-electron chi connectivity index (χ1n) is 15.2. The average molecular weight is 649 g/mol. The van der Waals surface area contributed by atoms with Crippen LogP contribution in [-0.4, -0.2) is 54.6 Å². The molecule has 2 fully saturated rings. The van der Waals surface area contributed by atoms with Crippen molar-refractivity contribution >= 4 is 35.1 Å². The van der Waals surface area contributed by atoms with Gasteiger partial charge in [-0.25, -0.2) is 8.78 Å². The molecule has 3 atom stereocenters. The summed E-state index contributed by atoms with van der Waals surface area (Å²) in [5.41, 5.74) is 1.11. The Balaban J connectivity index is 1.51. The van der Waals surface area contributed by atoms with Gasteiger partial charge in [-0.1, -0.05) is 50.3 Å². The molecule has 46 heavy (non-hydrogen) atoms. The molecule has 0 bridgehead atoms. The number of amides is 4. The smallest absolute Gasteiger partial charge is 0.313 e. The number of para-hydroxylation sites is 1. The Kier molecular flexibility index (Phi) is 11.7. The number of hydrogen-bond donors (Lipinski definition) is 4. The molecule has 1 aliphatic heterocycles. The lowest BCUT2D eigenvalue weighted by molar-refractivity contribution is -0.138. The molecule has 1 saturated carbocycles. The van der Waals surface area contributed by atoms with Gasteiger partial charge in [0.25, 0.3) is 0 Å².